The fraction of sp³-hybridized carbons (Fsp3) is 0.455. The Bertz CT molecular complexity index is 453. The molecule has 0 aromatic heterocycles. The number of ether oxygens (including phenoxy) is 1. The Balaban J connectivity index is 2.41. The number of halogens is 2. The van der Waals surface area contributed by atoms with Gasteiger partial charge in [0.05, 0.1) is 12.4 Å². The highest BCUT2D eigenvalue weighted by atomic mass is 79.9. The van der Waals surface area contributed by atoms with Crippen LogP contribution in [-0.4, -0.2) is 26.5 Å². The van der Waals surface area contributed by atoms with Gasteiger partial charge in [0, 0.05) is 16.3 Å². The van der Waals surface area contributed by atoms with Crippen molar-refractivity contribution >= 4 is 25.8 Å². The maximum Gasteiger partial charge on any atom is 0.150 e. The Morgan fingerprint density at radius 3 is 2.65 bits per heavy atom. The SMILES string of the molecule is CCS(=O)(=O)CCCOc1cc(F)cc(Br)c1. The van der Waals surface area contributed by atoms with E-state index in [9.17, 15) is 12.8 Å². The molecule has 0 saturated heterocycles. The maximum atomic E-state index is 13.0. The molecule has 0 spiro atoms. The van der Waals surface area contributed by atoms with Gasteiger partial charge in [-0.3, -0.25) is 0 Å². The first kappa shape index (κ1) is 14.4. The molecule has 0 fully saturated rings. The third-order valence-electron chi connectivity index (χ3n) is 2.14. The van der Waals surface area contributed by atoms with Gasteiger partial charge in [-0.2, -0.15) is 0 Å². The molecule has 0 aliphatic rings. The Labute approximate surface area is 109 Å². The van der Waals surface area contributed by atoms with Crippen LogP contribution in [0.2, 0.25) is 0 Å². The average Bonchev–Trinajstić information content (AvgIpc) is 2.23. The van der Waals surface area contributed by atoms with E-state index in [2.05, 4.69) is 15.9 Å². The van der Waals surface area contributed by atoms with E-state index in [1.807, 2.05) is 0 Å². The van der Waals surface area contributed by atoms with Gasteiger partial charge >= 0.3 is 0 Å². The van der Waals surface area contributed by atoms with Gasteiger partial charge in [0.1, 0.15) is 21.4 Å². The van der Waals surface area contributed by atoms with Crippen molar-refractivity contribution in [1.82, 2.24) is 0 Å². The molecule has 0 bridgehead atoms. The molecule has 96 valence electrons. The van der Waals surface area contributed by atoms with E-state index in [0.717, 1.165) is 0 Å². The molecule has 0 N–H and O–H groups in total. The zero-order chi connectivity index (χ0) is 12.9. The monoisotopic (exact) mass is 324 g/mol. The quantitative estimate of drug-likeness (QED) is 0.756. The van der Waals surface area contributed by atoms with E-state index in [4.69, 9.17) is 4.74 Å². The van der Waals surface area contributed by atoms with Crippen LogP contribution in [0.15, 0.2) is 22.7 Å². The van der Waals surface area contributed by atoms with Gasteiger partial charge in [0.2, 0.25) is 0 Å². The average molecular weight is 325 g/mol. The molecular formula is C11H14BrFO3S. The lowest BCUT2D eigenvalue weighted by atomic mass is 10.3. The minimum absolute atomic E-state index is 0.0972. The van der Waals surface area contributed by atoms with Crippen LogP contribution in [0.25, 0.3) is 0 Å². The van der Waals surface area contributed by atoms with Gasteiger partial charge < -0.3 is 4.74 Å². The maximum absolute atomic E-state index is 13.0. The fourth-order valence-electron chi connectivity index (χ4n) is 1.23. The molecule has 17 heavy (non-hydrogen) atoms. The molecule has 0 aliphatic heterocycles. The first-order valence-corrected chi connectivity index (χ1v) is 7.83. The standard InChI is InChI=1S/C11H14BrFO3S/c1-2-17(14,15)5-3-4-16-11-7-9(12)6-10(13)8-11/h6-8H,2-5H2,1H3. The highest BCUT2D eigenvalue weighted by Crippen LogP contribution is 2.20. The summed E-state index contributed by atoms with van der Waals surface area (Å²) in [5, 5.41) is 0. The van der Waals surface area contributed by atoms with Crippen LogP contribution in [0.5, 0.6) is 5.75 Å². The van der Waals surface area contributed by atoms with Crippen LogP contribution in [0.3, 0.4) is 0 Å². The van der Waals surface area contributed by atoms with Gasteiger partial charge in [-0.1, -0.05) is 22.9 Å². The molecule has 0 amide bonds. The van der Waals surface area contributed by atoms with Crippen LogP contribution >= 0.6 is 15.9 Å². The first-order chi connectivity index (χ1) is 7.93. The third-order valence-corrected chi connectivity index (χ3v) is 4.39. The summed E-state index contributed by atoms with van der Waals surface area (Å²) in [7, 11) is -2.95. The zero-order valence-corrected chi connectivity index (χ0v) is 11.9. The molecule has 1 aromatic carbocycles. The van der Waals surface area contributed by atoms with E-state index in [-0.39, 0.29) is 18.1 Å². The molecule has 3 nitrogen and oxygen atoms in total. The number of sulfone groups is 1. The summed E-state index contributed by atoms with van der Waals surface area (Å²) < 4.78 is 41.2. The third kappa shape index (κ3) is 5.50. The summed E-state index contributed by atoms with van der Waals surface area (Å²) in [5.74, 6) is 0.236. The largest absolute Gasteiger partial charge is 0.493 e. The Kier molecular flexibility index (Phi) is 5.39. The summed E-state index contributed by atoms with van der Waals surface area (Å²) in [5.41, 5.74) is 0. The van der Waals surface area contributed by atoms with Crippen LogP contribution in [0.4, 0.5) is 4.39 Å². The first-order valence-electron chi connectivity index (χ1n) is 5.22. The highest BCUT2D eigenvalue weighted by molar-refractivity contribution is 9.10. The second-order valence-electron chi connectivity index (χ2n) is 3.54. The van der Waals surface area contributed by atoms with Crippen molar-refractivity contribution in [2.75, 3.05) is 18.1 Å². The fourth-order valence-corrected chi connectivity index (χ4v) is 2.52. The summed E-state index contributed by atoms with van der Waals surface area (Å²) in [6.07, 6.45) is 0.407. The van der Waals surface area contributed by atoms with E-state index in [1.54, 1.807) is 13.0 Å². The van der Waals surface area contributed by atoms with Crippen molar-refractivity contribution in [2.45, 2.75) is 13.3 Å². The predicted molar refractivity (Wildman–Crippen MR) is 68.5 cm³/mol. The van der Waals surface area contributed by atoms with E-state index >= 15 is 0 Å². The Morgan fingerprint density at radius 2 is 2.06 bits per heavy atom. The molecule has 0 aliphatic carbocycles. The molecule has 0 atom stereocenters. The van der Waals surface area contributed by atoms with Gasteiger partial charge in [0.25, 0.3) is 0 Å². The summed E-state index contributed by atoms with van der Waals surface area (Å²) in [4.78, 5) is 0. The summed E-state index contributed by atoms with van der Waals surface area (Å²) in [6, 6.07) is 4.23. The van der Waals surface area contributed by atoms with Crippen molar-refractivity contribution in [2.24, 2.45) is 0 Å². The van der Waals surface area contributed by atoms with Crippen LogP contribution < -0.4 is 4.74 Å². The number of benzene rings is 1. The minimum Gasteiger partial charge on any atom is -0.493 e. The lowest BCUT2D eigenvalue weighted by molar-refractivity contribution is 0.316. The lowest BCUT2D eigenvalue weighted by Crippen LogP contribution is -2.11. The summed E-state index contributed by atoms with van der Waals surface area (Å²) >= 11 is 3.15. The minimum atomic E-state index is -2.95. The van der Waals surface area contributed by atoms with E-state index < -0.39 is 15.7 Å². The Morgan fingerprint density at radius 1 is 1.35 bits per heavy atom. The van der Waals surface area contributed by atoms with Crippen LogP contribution in [0.1, 0.15) is 13.3 Å². The molecule has 0 unspecified atom stereocenters. The normalized spacial score (nSPS) is 11.5. The second kappa shape index (κ2) is 6.35. The highest BCUT2D eigenvalue weighted by Gasteiger charge is 2.07. The van der Waals surface area contributed by atoms with Gasteiger partial charge in [-0.25, -0.2) is 12.8 Å². The smallest absolute Gasteiger partial charge is 0.150 e. The Hall–Kier alpha value is -0.620. The van der Waals surface area contributed by atoms with Gasteiger partial charge in [-0.15, -0.1) is 0 Å². The van der Waals surface area contributed by atoms with E-state index in [0.29, 0.717) is 16.6 Å². The number of rotatable bonds is 6. The van der Waals surface area contributed by atoms with Crippen molar-refractivity contribution in [3.8, 4) is 5.75 Å². The second-order valence-corrected chi connectivity index (χ2v) is 6.93. The van der Waals surface area contributed by atoms with Gasteiger partial charge in [-0.05, 0) is 18.6 Å². The lowest BCUT2D eigenvalue weighted by Gasteiger charge is -2.06. The summed E-state index contributed by atoms with van der Waals surface area (Å²) in [6.45, 7) is 1.87. The van der Waals surface area contributed by atoms with E-state index in [1.165, 1.54) is 12.1 Å². The van der Waals surface area contributed by atoms with Gasteiger partial charge in [0.15, 0.2) is 0 Å². The van der Waals surface area contributed by atoms with Crippen molar-refractivity contribution in [3.05, 3.63) is 28.5 Å². The number of hydrogen-bond donors (Lipinski definition) is 0. The zero-order valence-electron chi connectivity index (χ0n) is 9.45. The van der Waals surface area contributed by atoms with Crippen LogP contribution in [0, 0.1) is 5.82 Å². The molecule has 6 heteroatoms. The molecule has 1 aromatic rings. The topological polar surface area (TPSA) is 43.4 Å². The van der Waals surface area contributed by atoms with Crippen molar-refractivity contribution in [1.29, 1.82) is 0 Å². The number of hydrogen-bond acceptors (Lipinski definition) is 3. The molecule has 0 saturated carbocycles. The molecule has 1 rings (SSSR count). The molecule has 0 radical (unpaired) electrons. The van der Waals surface area contributed by atoms with Crippen molar-refractivity contribution in [3.63, 3.8) is 0 Å². The molecule has 0 heterocycles. The molecular weight excluding hydrogens is 311 g/mol. The van der Waals surface area contributed by atoms with Crippen LogP contribution in [-0.2, 0) is 9.84 Å². The predicted octanol–water partition coefficient (Wildman–Crippen LogP) is 2.79. The van der Waals surface area contributed by atoms with Crippen molar-refractivity contribution < 1.29 is 17.5 Å².